The molecule has 0 bridgehead atoms. The largest absolute Gasteiger partial charge is 0.375 e. The number of hydrogen-bond acceptors (Lipinski definition) is 7. The van der Waals surface area contributed by atoms with Crippen molar-refractivity contribution in [3.63, 3.8) is 0 Å². The fourth-order valence-corrected chi connectivity index (χ4v) is 3.79. The van der Waals surface area contributed by atoms with E-state index in [1.54, 1.807) is 11.9 Å². The van der Waals surface area contributed by atoms with Crippen LogP contribution in [0.1, 0.15) is 37.3 Å². The number of amides is 1. The van der Waals surface area contributed by atoms with Crippen LogP contribution >= 0.6 is 0 Å². The zero-order valence-corrected chi connectivity index (χ0v) is 16.3. The molecule has 9 heteroatoms. The Bertz CT molecular complexity index is 771. The van der Waals surface area contributed by atoms with Crippen LogP contribution in [0.4, 0.5) is 5.82 Å². The van der Waals surface area contributed by atoms with E-state index in [-0.39, 0.29) is 23.7 Å². The summed E-state index contributed by atoms with van der Waals surface area (Å²) in [4.78, 5) is 24.4. The predicted molar refractivity (Wildman–Crippen MR) is 97.0 cm³/mol. The van der Waals surface area contributed by atoms with Gasteiger partial charge >= 0.3 is 0 Å². The van der Waals surface area contributed by atoms with Gasteiger partial charge in [0.1, 0.15) is 12.4 Å². The van der Waals surface area contributed by atoms with Crippen LogP contribution < -0.4 is 4.90 Å². The number of piperidine rings is 1. The van der Waals surface area contributed by atoms with Gasteiger partial charge in [-0.2, -0.15) is 0 Å². The van der Waals surface area contributed by atoms with Crippen molar-refractivity contribution >= 4 is 21.6 Å². The SMILES string of the molecule is COCC(=O)N(C)C1CCN(c2cc(C3CC3)nc(S(C)(=O)=O)n2)CC1. The molecule has 2 aliphatic rings. The third kappa shape index (κ3) is 4.32. The van der Waals surface area contributed by atoms with E-state index in [0.29, 0.717) is 11.7 Å². The molecule has 0 atom stereocenters. The van der Waals surface area contributed by atoms with E-state index in [2.05, 4.69) is 14.9 Å². The van der Waals surface area contributed by atoms with Crippen LogP contribution in [0, 0.1) is 0 Å². The molecule has 1 aromatic rings. The summed E-state index contributed by atoms with van der Waals surface area (Å²) >= 11 is 0. The Morgan fingerprint density at radius 3 is 2.46 bits per heavy atom. The summed E-state index contributed by atoms with van der Waals surface area (Å²) in [5.74, 6) is 1.00. The highest BCUT2D eigenvalue weighted by atomic mass is 32.2. The van der Waals surface area contributed by atoms with E-state index < -0.39 is 9.84 Å². The Morgan fingerprint density at radius 1 is 1.27 bits per heavy atom. The number of ether oxygens (including phenoxy) is 1. The molecule has 2 heterocycles. The molecular weight excluding hydrogens is 356 g/mol. The van der Waals surface area contributed by atoms with Gasteiger partial charge in [-0.15, -0.1) is 0 Å². The summed E-state index contributed by atoms with van der Waals surface area (Å²) in [6, 6.07) is 2.08. The number of hydrogen-bond donors (Lipinski definition) is 0. The summed E-state index contributed by atoms with van der Waals surface area (Å²) in [5.41, 5.74) is 0.824. The van der Waals surface area contributed by atoms with Crippen LogP contribution in [0.3, 0.4) is 0 Å². The molecule has 1 aliphatic heterocycles. The second-order valence-corrected chi connectivity index (χ2v) is 9.05. The van der Waals surface area contributed by atoms with Crippen LogP contribution in [-0.2, 0) is 19.4 Å². The summed E-state index contributed by atoms with van der Waals surface area (Å²) in [6.45, 7) is 1.53. The zero-order valence-electron chi connectivity index (χ0n) is 15.5. The highest BCUT2D eigenvalue weighted by molar-refractivity contribution is 7.90. The van der Waals surface area contributed by atoms with Gasteiger partial charge in [-0.05, 0) is 25.7 Å². The fourth-order valence-electron chi connectivity index (χ4n) is 3.26. The van der Waals surface area contributed by atoms with E-state index >= 15 is 0 Å². The number of carbonyl (C=O) groups excluding carboxylic acids is 1. The van der Waals surface area contributed by atoms with Gasteiger partial charge in [0.25, 0.3) is 0 Å². The van der Waals surface area contributed by atoms with Crippen LogP contribution in [0.5, 0.6) is 0 Å². The quantitative estimate of drug-likeness (QED) is 0.673. The summed E-state index contributed by atoms with van der Waals surface area (Å²) in [6.07, 6.45) is 4.86. The van der Waals surface area contributed by atoms with Crippen molar-refractivity contribution in [2.45, 2.75) is 42.8 Å². The Labute approximate surface area is 154 Å². The molecule has 0 aromatic carbocycles. The van der Waals surface area contributed by atoms with Crippen molar-refractivity contribution in [2.24, 2.45) is 0 Å². The normalized spacial score (nSPS) is 18.8. The molecular formula is C17H26N4O4S. The van der Waals surface area contributed by atoms with Gasteiger partial charge in [0.05, 0.1) is 5.69 Å². The lowest BCUT2D eigenvalue weighted by atomic mass is 10.0. The first-order valence-electron chi connectivity index (χ1n) is 8.88. The predicted octanol–water partition coefficient (Wildman–Crippen LogP) is 0.831. The van der Waals surface area contributed by atoms with Gasteiger partial charge in [-0.1, -0.05) is 0 Å². The summed E-state index contributed by atoms with van der Waals surface area (Å²) < 4.78 is 28.8. The minimum Gasteiger partial charge on any atom is -0.375 e. The molecule has 1 aliphatic carbocycles. The van der Waals surface area contributed by atoms with E-state index in [1.807, 2.05) is 6.07 Å². The average molecular weight is 382 g/mol. The number of anilines is 1. The van der Waals surface area contributed by atoms with Crippen molar-refractivity contribution in [3.05, 3.63) is 11.8 Å². The van der Waals surface area contributed by atoms with Crippen molar-refractivity contribution in [2.75, 3.05) is 45.0 Å². The van der Waals surface area contributed by atoms with Crippen molar-refractivity contribution in [3.8, 4) is 0 Å². The van der Waals surface area contributed by atoms with Crippen LogP contribution in [0.15, 0.2) is 11.2 Å². The van der Waals surface area contributed by atoms with Crippen molar-refractivity contribution in [1.82, 2.24) is 14.9 Å². The number of methoxy groups -OCH3 is 1. The second kappa shape index (κ2) is 7.48. The molecule has 0 radical (unpaired) electrons. The molecule has 144 valence electrons. The molecule has 8 nitrogen and oxygen atoms in total. The van der Waals surface area contributed by atoms with Gasteiger partial charge in [0.15, 0.2) is 0 Å². The van der Waals surface area contributed by atoms with Crippen LogP contribution in [-0.4, -0.2) is 75.3 Å². The van der Waals surface area contributed by atoms with E-state index in [0.717, 1.165) is 50.7 Å². The lowest BCUT2D eigenvalue weighted by molar-refractivity contribution is -0.136. The second-order valence-electron chi connectivity index (χ2n) is 7.14. The molecule has 0 N–H and O–H groups in total. The van der Waals surface area contributed by atoms with E-state index in [9.17, 15) is 13.2 Å². The highest BCUT2D eigenvalue weighted by Crippen LogP contribution is 2.40. The number of aromatic nitrogens is 2. The molecule has 3 rings (SSSR count). The third-order valence-corrected chi connectivity index (χ3v) is 5.88. The molecule has 0 spiro atoms. The molecule has 1 aromatic heterocycles. The summed E-state index contributed by atoms with van der Waals surface area (Å²) in [7, 11) is -0.131. The Balaban J connectivity index is 1.73. The maximum Gasteiger partial charge on any atom is 0.248 e. The van der Waals surface area contributed by atoms with Gasteiger partial charge < -0.3 is 14.5 Å². The molecule has 1 amide bonds. The Hall–Kier alpha value is -1.74. The van der Waals surface area contributed by atoms with Crippen molar-refractivity contribution in [1.29, 1.82) is 0 Å². The Morgan fingerprint density at radius 2 is 1.92 bits per heavy atom. The van der Waals surface area contributed by atoms with Crippen LogP contribution in [0.2, 0.25) is 0 Å². The van der Waals surface area contributed by atoms with Gasteiger partial charge in [0.2, 0.25) is 20.9 Å². The molecule has 1 saturated heterocycles. The number of likely N-dealkylation sites (N-methyl/N-ethyl adjacent to an activating group) is 1. The molecule has 26 heavy (non-hydrogen) atoms. The topological polar surface area (TPSA) is 92.7 Å². The summed E-state index contributed by atoms with van der Waals surface area (Å²) in [5, 5.41) is -0.0913. The molecule has 1 saturated carbocycles. The highest BCUT2D eigenvalue weighted by Gasteiger charge is 2.30. The zero-order chi connectivity index (χ0) is 18.9. The van der Waals surface area contributed by atoms with Gasteiger partial charge in [0, 0.05) is 51.5 Å². The first-order chi connectivity index (χ1) is 12.3. The average Bonchev–Trinajstić information content (AvgIpc) is 3.45. The standard InChI is InChI=1S/C17H26N4O4S/c1-20(16(22)11-25-2)13-6-8-21(9-7-13)15-10-14(12-4-5-12)18-17(19-15)26(3,23)24/h10,12-13H,4-9,11H2,1-3H3. The number of sulfone groups is 1. The van der Waals surface area contributed by atoms with Crippen molar-refractivity contribution < 1.29 is 17.9 Å². The van der Waals surface area contributed by atoms with E-state index in [1.165, 1.54) is 7.11 Å². The first-order valence-corrected chi connectivity index (χ1v) is 10.8. The smallest absolute Gasteiger partial charge is 0.248 e. The maximum atomic E-state index is 12.0. The van der Waals surface area contributed by atoms with Gasteiger partial charge in [-0.3, -0.25) is 4.79 Å². The Kier molecular flexibility index (Phi) is 5.47. The first kappa shape index (κ1) is 19.0. The number of rotatable bonds is 6. The monoisotopic (exact) mass is 382 g/mol. The molecule has 2 fully saturated rings. The van der Waals surface area contributed by atoms with Gasteiger partial charge in [-0.25, -0.2) is 18.4 Å². The fraction of sp³-hybridized carbons (Fsp3) is 0.706. The van der Waals surface area contributed by atoms with E-state index in [4.69, 9.17) is 4.74 Å². The molecule has 0 unspecified atom stereocenters. The number of carbonyl (C=O) groups is 1. The number of nitrogens with zero attached hydrogens (tertiary/aromatic N) is 4. The van der Waals surface area contributed by atoms with Crippen LogP contribution in [0.25, 0.3) is 0 Å². The minimum absolute atomic E-state index is 0.0247. The third-order valence-electron chi connectivity index (χ3n) is 5.04. The maximum absolute atomic E-state index is 12.0. The lowest BCUT2D eigenvalue weighted by Crippen LogP contribution is -2.46. The lowest BCUT2D eigenvalue weighted by Gasteiger charge is -2.37. The minimum atomic E-state index is -3.45.